The molecule has 3 nitrogen and oxygen atoms in total. The first-order valence-corrected chi connectivity index (χ1v) is 8.40. The van der Waals surface area contributed by atoms with E-state index < -0.39 is 0 Å². The van der Waals surface area contributed by atoms with E-state index in [2.05, 4.69) is 44.0 Å². The minimum atomic E-state index is -0.312. The quantitative estimate of drug-likeness (QED) is 0.703. The molecule has 2 aliphatic rings. The Labute approximate surface area is 124 Å². The lowest BCUT2D eigenvalue weighted by Gasteiger charge is -2.36. The van der Waals surface area contributed by atoms with Gasteiger partial charge in [-0.3, -0.25) is 10.2 Å². The maximum Gasteiger partial charge on any atom is 0.122 e. The largest absolute Gasteiger partial charge is 0.297 e. The number of nitrogens with one attached hydrogen (secondary N) is 1. The molecule has 1 N–H and O–H groups in total. The molecule has 0 aromatic rings. The summed E-state index contributed by atoms with van der Waals surface area (Å²) < 4.78 is 0. The smallest absolute Gasteiger partial charge is 0.122 e. The van der Waals surface area contributed by atoms with Crippen LogP contribution in [0.5, 0.6) is 0 Å². The van der Waals surface area contributed by atoms with Crippen LogP contribution in [-0.2, 0) is 0 Å². The average molecular weight is 277 g/mol. The second kappa shape index (κ2) is 6.45. The van der Waals surface area contributed by atoms with Crippen LogP contribution in [0, 0.1) is 23.2 Å². The van der Waals surface area contributed by atoms with Crippen LogP contribution in [0.2, 0.25) is 0 Å². The van der Waals surface area contributed by atoms with Crippen LogP contribution in [0.1, 0.15) is 59.8 Å². The van der Waals surface area contributed by atoms with E-state index in [1.165, 1.54) is 32.1 Å². The highest BCUT2D eigenvalue weighted by atomic mass is 15.2. The van der Waals surface area contributed by atoms with Crippen molar-refractivity contribution < 1.29 is 0 Å². The van der Waals surface area contributed by atoms with Gasteiger partial charge in [-0.1, -0.05) is 13.8 Å². The number of nitrogens with zero attached hydrogens (tertiary/aromatic N) is 2. The van der Waals surface area contributed by atoms with Gasteiger partial charge >= 0.3 is 0 Å². The number of rotatable bonds is 9. The molecule has 0 heterocycles. The van der Waals surface area contributed by atoms with Gasteiger partial charge in [0.2, 0.25) is 0 Å². The predicted molar refractivity (Wildman–Crippen MR) is 83.4 cm³/mol. The molecule has 2 saturated carbocycles. The second-order valence-corrected chi connectivity index (χ2v) is 7.54. The fourth-order valence-electron chi connectivity index (χ4n) is 3.12. The van der Waals surface area contributed by atoms with E-state index in [1.54, 1.807) is 0 Å². The minimum absolute atomic E-state index is 0.312. The fraction of sp³-hybridized carbons (Fsp3) is 0.941. The average Bonchev–Trinajstić information content (AvgIpc) is 3.24. The molecule has 0 radical (unpaired) electrons. The summed E-state index contributed by atoms with van der Waals surface area (Å²) in [6.07, 6.45) is 6.33. The Morgan fingerprint density at radius 2 is 1.85 bits per heavy atom. The fourth-order valence-corrected chi connectivity index (χ4v) is 3.12. The summed E-state index contributed by atoms with van der Waals surface area (Å²) in [5.41, 5.74) is -0.312. The number of hydrogen-bond donors (Lipinski definition) is 1. The predicted octanol–water partition coefficient (Wildman–Crippen LogP) is 3.17. The van der Waals surface area contributed by atoms with E-state index in [4.69, 9.17) is 0 Å². The molecule has 0 aliphatic heterocycles. The van der Waals surface area contributed by atoms with Crippen molar-refractivity contribution in [3.8, 4) is 6.07 Å². The van der Waals surface area contributed by atoms with Gasteiger partial charge in [-0.2, -0.15) is 5.26 Å². The Bertz CT molecular complexity index is 350. The van der Waals surface area contributed by atoms with Gasteiger partial charge in [-0.25, -0.2) is 0 Å². The van der Waals surface area contributed by atoms with Crippen LogP contribution in [0.4, 0.5) is 0 Å². The summed E-state index contributed by atoms with van der Waals surface area (Å²) in [6.45, 7) is 11.0. The van der Waals surface area contributed by atoms with Gasteiger partial charge in [0.15, 0.2) is 0 Å². The van der Waals surface area contributed by atoms with E-state index in [9.17, 15) is 5.26 Å². The molecule has 20 heavy (non-hydrogen) atoms. The molecule has 3 heteroatoms. The highest BCUT2D eigenvalue weighted by molar-refractivity contribution is 5.17. The molecule has 114 valence electrons. The van der Waals surface area contributed by atoms with Gasteiger partial charge in [0.05, 0.1) is 6.07 Å². The molecule has 0 aromatic heterocycles. The molecular weight excluding hydrogens is 246 g/mol. The maximum atomic E-state index is 9.83. The number of hydrogen-bond acceptors (Lipinski definition) is 3. The molecule has 2 fully saturated rings. The first-order valence-electron chi connectivity index (χ1n) is 8.40. The van der Waals surface area contributed by atoms with Gasteiger partial charge in [0.1, 0.15) is 5.54 Å². The van der Waals surface area contributed by atoms with E-state index in [0.29, 0.717) is 12.0 Å². The van der Waals surface area contributed by atoms with Crippen molar-refractivity contribution in [2.75, 3.05) is 13.1 Å². The Morgan fingerprint density at radius 3 is 2.25 bits per heavy atom. The van der Waals surface area contributed by atoms with Crippen LogP contribution in [0.15, 0.2) is 0 Å². The molecule has 2 aliphatic carbocycles. The first-order chi connectivity index (χ1) is 9.47. The lowest BCUT2D eigenvalue weighted by molar-refractivity contribution is 0.173. The molecule has 1 unspecified atom stereocenters. The summed E-state index contributed by atoms with van der Waals surface area (Å²) in [5.74, 6) is 1.31. The van der Waals surface area contributed by atoms with Gasteiger partial charge in [-0.15, -0.1) is 0 Å². The van der Waals surface area contributed by atoms with Crippen molar-refractivity contribution in [1.82, 2.24) is 10.2 Å². The Hall–Kier alpha value is -0.590. The summed E-state index contributed by atoms with van der Waals surface area (Å²) in [4.78, 5) is 2.59. The molecule has 0 amide bonds. The zero-order chi connectivity index (χ0) is 14.8. The standard InChI is InChI=1S/C17H31N3/c1-13(2)9-10-20(16-7-8-16)12-17(11-18,15-5-6-15)19-14(3)4/h13-16,19H,5-10,12H2,1-4H3. The van der Waals surface area contributed by atoms with Crippen molar-refractivity contribution >= 4 is 0 Å². The highest BCUT2D eigenvalue weighted by Gasteiger charge is 2.48. The lowest BCUT2D eigenvalue weighted by atomic mass is 9.92. The minimum Gasteiger partial charge on any atom is -0.297 e. The third kappa shape index (κ3) is 4.20. The van der Waals surface area contributed by atoms with E-state index >= 15 is 0 Å². The van der Waals surface area contributed by atoms with Crippen LogP contribution < -0.4 is 5.32 Å². The molecule has 0 bridgehead atoms. The Balaban J connectivity index is 2.02. The summed E-state index contributed by atoms with van der Waals surface area (Å²) in [5, 5.41) is 13.4. The number of nitriles is 1. The third-order valence-electron chi connectivity index (χ3n) is 4.53. The van der Waals surface area contributed by atoms with E-state index in [0.717, 1.165) is 25.0 Å². The summed E-state index contributed by atoms with van der Waals surface area (Å²) in [7, 11) is 0. The van der Waals surface area contributed by atoms with E-state index in [1.807, 2.05) is 0 Å². The van der Waals surface area contributed by atoms with Crippen molar-refractivity contribution in [1.29, 1.82) is 5.26 Å². The molecule has 1 atom stereocenters. The molecular formula is C17H31N3. The van der Waals surface area contributed by atoms with Crippen LogP contribution in [0.25, 0.3) is 0 Å². The summed E-state index contributed by atoms with van der Waals surface area (Å²) >= 11 is 0. The van der Waals surface area contributed by atoms with E-state index in [-0.39, 0.29) is 5.54 Å². The monoisotopic (exact) mass is 277 g/mol. The normalized spacial score (nSPS) is 22.3. The van der Waals surface area contributed by atoms with Crippen LogP contribution in [0.3, 0.4) is 0 Å². The molecule has 2 rings (SSSR count). The zero-order valence-electron chi connectivity index (χ0n) is 13.7. The van der Waals surface area contributed by atoms with Crippen LogP contribution in [-0.4, -0.2) is 35.6 Å². The summed E-state index contributed by atoms with van der Waals surface area (Å²) in [6, 6.07) is 3.78. The van der Waals surface area contributed by atoms with Gasteiger partial charge in [0.25, 0.3) is 0 Å². The van der Waals surface area contributed by atoms with Crippen molar-refractivity contribution in [3.05, 3.63) is 0 Å². The topological polar surface area (TPSA) is 39.1 Å². The van der Waals surface area contributed by atoms with Crippen LogP contribution >= 0.6 is 0 Å². The van der Waals surface area contributed by atoms with Crippen molar-refractivity contribution in [2.45, 2.75) is 77.4 Å². The van der Waals surface area contributed by atoms with Gasteiger partial charge in [-0.05, 0) is 64.3 Å². The first kappa shape index (κ1) is 15.8. The Kier molecular flexibility index (Phi) is 5.09. The maximum absolute atomic E-state index is 9.83. The highest BCUT2D eigenvalue weighted by Crippen LogP contribution is 2.41. The SMILES string of the molecule is CC(C)CCN(CC(C#N)(NC(C)C)C1CC1)C1CC1. The molecule has 0 spiro atoms. The van der Waals surface area contributed by atoms with Gasteiger partial charge < -0.3 is 0 Å². The zero-order valence-corrected chi connectivity index (χ0v) is 13.7. The molecule has 0 saturated heterocycles. The van der Waals surface area contributed by atoms with Crippen molar-refractivity contribution in [3.63, 3.8) is 0 Å². The lowest BCUT2D eigenvalue weighted by Crippen LogP contribution is -2.57. The second-order valence-electron chi connectivity index (χ2n) is 7.54. The van der Waals surface area contributed by atoms with Gasteiger partial charge in [0, 0.05) is 18.6 Å². The Morgan fingerprint density at radius 1 is 1.20 bits per heavy atom. The molecule has 0 aromatic carbocycles. The third-order valence-corrected chi connectivity index (χ3v) is 4.53. The van der Waals surface area contributed by atoms with Crippen molar-refractivity contribution in [2.24, 2.45) is 11.8 Å².